The number of phenolic OH excluding ortho intramolecular Hbond substituents is 1. The normalized spacial score (nSPS) is 12.8. The van der Waals surface area contributed by atoms with E-state index in [0.717, 1.165) is 17.0 Å². The van der Waals surface area contributed by atoms with E-state index in [1.165, 1.54) is 6.07 Å². The van der Waals surface area contributed by atoms with Crippen molar-refractivity contribution in [2.45, 2.75) is 52.3 Å². The Hall–Kier alpha value is -2.31. The maximum Gasteiger partial charge on any atom is 0.411 e. The third-order valence-corrected chi connectivity index (χ3v) is 2.96. The van der Waals surface area contributed by atoms with Crippen molar-refractivity contribution in [1.29, 1.82) is 0 Å². The summed E-state index contributed by atoms with van der Waals surface area (Å²) in [5, 5.41) is 18.8. The van der Waals surface area contributed by atoms with E-state index >= 15 is 0 Å². The SMILES string of the molecule is CC(C)N(C(=O)OC(C)(C)C)C(C(=O)O)c1ccc(O)c(F)c1. The molecule has 7 heteroatoms. The lowest BCUT2D eigenvalue weighted by molar-refractivity contribution is -0.144. The highest BCUT2D eigenvalue weighted by molar-refractivity contribution is 5.82. The average molecular weight is 327 g/mol. The van der Waals surface area contributed by atoms with Crippen molar-refractivity contribution in [1.82, 2.24) is 4.90 Å². The highest BCUT2D eigenvalue weighted by Crippen LogP contribution is 2.28. The summed E-state index contributed by atoms with van der Waals surface area (Å²) < 4.78 is 18.8. The number of benzene rings is 1. The van der Waals surface area contributed by atoms with Gasteiger partial charge >= 0.3 is 12.1 Å². The van der Waals surface area contributed by atoms with Crippen LogP contribution < -0.4 is 0 Å². The number of hydrogen-bond acceptors (Lipinski definition) is 4. The van der Waals surface area contributed by atoms with Crippen LogP contribution in [0.5, 0.6) is 5.75 Å². The lowest BCUT2D eigenvalue weighted by Crippen LogP contribution is -2.45. The van der Waals surface area contributed by atoms with Crippen LogP contribution in [0.25, 0.3) is 0 Å². The molecular weight excluding hydrogens is 305 g/mol. The van der Waals surface area contributed by atoms with Gasteiger partial charge in [-0.3, -0.25) is 4.90 Å². The van der Waals surface area contributed by atoms with Gasteiger partial charge in [0.15, 0.2) is 17.6 Å². The zero-order chi connectivity index (χ0) is 17.9. The number of phenols is 1. The fourth-order valence-electron chi connectivity index (χ4n) is 2.04. The molecule has 0 spiro atoms. The monoisotopic (exact) mass is 327 g/mol. The highest BCUT2D eigenvalue weighted by Gasteiger charge is 2.36. The number of hydrogen-bond donors (Lipinski definition) is 2. The Morgan fingerprint density at radius 3 is 2.22 bits per heavy atom. The van der Waals surface area contributed by atoms with Crippen LogP contribution in [0.4, 0.5) is 9.18 Å². The summed E-state index contributed by atoms with van der Waals surface area (Å²) >= 11 is 0. The van der Waals surface area contributed by atoms with Gasteiger partial charge in [-0.15, -0.1) is 0 Å². The number of halogens is 1. The largest absolute Gasteiger partial charge is 0.505 e. The number of ether oxygens (including phenoxy) is 1. The molecule has 0 bridgehead atoms. The van der Waals surface area contributed by atoms with Gasteiger partial charge in [-0.1, -0.05) is 6.07 Å². The van der Waals surface area contributed by atoms with Crippen LogP contribution in [-0.2, 0) is 9.53 Å². The molecule has 6 nitrogen and oxygen atoms in total. The second-order valence-electron chi connectivity index (χ2n) is 6.43. The van der Waals surface area contributed by atoms with Crippen molar-refractivity contribution in [3.8, 4) is 5.75 Å². The fraction of sp³-hybridized carbons (Fsp3) is 0.500. The van der Waals surface area contributed by atoms with Crippen molar-refractivity contribution in [2.75, 3.05) is 0 Å². The number of amides is 1. The Labute approximate surface area is 134 Å². The number of nitrogens with zero attached hydrogens (tertiary/aromatic N) is 1. The molecule has 0 aliphatic carbocycles. The second kappa shape index (κ2) is 6.85. The van der Waals surface area contributed by atoms with E-state index in [4.69, 9.17) is 4.74 Å². The number of carbonyl (C=O) groups is 2. The number of carbonyl (C=O) groups excluding carboxylic acids is 1. The van der Waals surface area contributed by atoms with Gasteiger partial charge in [-0.25, -0.2) is 14.0 Å². The first-order chi connectivity index (χ1) is 10.4. The third kappa shape index (κ3) is 4.84. The van der Waals surface area contributed by atoms with E-state index in [1.54, 1.807) is 34.6 Å². The van der Waals surface area contributed by atoms with Crippen LogP contribution in [0.1, 0.15) is 46.2 Å². The van der Waals surface area contributed by atoms with Crippen molar-refractivity contribution in [3.05, 3.63) is 29.6 Å². The Balaban J connectivity index is 3.29. The number of aromatic hydroxyl groups is 1. The minimum atomic E-state index is -1.43. The molecule has 1 amide bonds. The summed E-state index contributed by atoms with van der Waals surface area (Å²) in [4.78, 5) is 25.1. The molecule has 23 heavy (non-hydrogen) atoms. The summed E-state index contributed by atoms with van der Waals surface area (Å²) in [7, 11) is 0. The molecule has 1 aromatic rings. The van der Waals surface area contributed by atoms with Gasteiger partial charge in [0, 0.05) is 6.04 Å². The molecule has 0 aliphatic rings. The molecule has 0 aliphatic heterocycles. The molecule has 1 atom stereocenters. The first-order valence-electron chi connectivity index (χ1n) is 7.16. The maximum absolute atomic E-state index is 13.6. The maximum atomic E-state index is 13.6. The Bertz CT molecular complexity index is 595. The van der Waals surface area contributed by atoms with E-state index in [9.17, 15) is 24.2 Å². The molecule has 0 saturated carbocycles. The predicted molar refractivity (Wildman–Crippen MR) is 81.7 cm³/mol. The molecule has 1 rings (SSSR count). The Morgan fingerprint density at radius 2 is 1.83 bits per heavy atom. The molecule has 1 unspecified atom stereocenters. The molecule has 0 aromatic heterocycles. The number of carboxylic acid groups (broad SMARTS) is 1. The minimum Gasteiger partial charge on any atom is -0.505 e. The quantitative estimate of drug-likeness (QED) is 0.886. The van der Waals surface area contributed by atoms with Crippen LogP contribution in [0.3, 0.4) is 0 Å². The molecule has 1 aromatic carbocycles. The summed E-state index contributed by atoms with van der Waals surface area (Å²) in [6, 6.07) is 1.28. The number of rotatable bonds is 4. The first kappa shape index (κ1) is 18.7. The van der Waals surface area contributed by atoms with Gasteiger partial charge in [-0.2, -0.15) is 0 Å². The van der Waals surface area contributed by atoms with Gasteiger partial charge in [0.2, 0.25) is 0 Å². The average Bonchev–Trinajstić information content (AvgIpc) is 2.36. The molecule has 0 fully saturated rings. The zero-order valence-corrected chi connectivity index (χ0v) is 13.8. The summed E-state index contributed by atoms with van der Waals surface area (Å²) in [5.41, 5.74) is -0.764. The fourth-order valence-corrected chi connectivity index (χ4v) is 2.04. The van der Waals surface area contributed by atoms with E-state index in [1.807, 2.05) is 0 Å². The lowest BCUT2D eigenvalue weighted by Gasteiger charge is -2.34. The topological polar surface area (TPSA) is 87.1 Å². The molecule has 2 N–H and O–H groups in total. The van der Waals surface area contributed by atoms with Crippen LogP contribution in [0.2, 0.25) is 0 Å². The lowest BCUT2D eigenvalue weighted by atomic mass is 10.0. The van der Waals surface area contributed by atoms with Crippen molar-refractivity contribution in [2.24, 2.45) is 0 Å². The molecule has 0 saturated heterocycles. The molecular formula is C16H22FNO5. The predicted octanol–water partition coefficient (Wildman–Crippen LogP) is 3.30. The van der Waals surface area contributed by atoms with Gasteiger partial charge < -0.3 is 14.9 Å². The van der Waals surface area contributed by atoms with E-state index < -0.39 is 41.3 Å². The molecule has 0 radical (unpaired) electrons. The molecule has 0 heterocycles. The van der Waals surface area contributed by atoms with Crippen LogP contribution in [-0.4, -0.2) is 38.8 Å². The number of carboxylic acids is 1. The Kier molecular flexibility index (Phi) is 5.58. The first-order valence-corrected chi connectivity index (χ1v) is 7.16. The van der Waals surface area contributed by atoms with Gasteiger partial charge in [0.25, 0.3) is 0 Å². The second-order valence-corrected chi connectivity index (χ2v) is 6.43. The van der Waals surface area contributed by atoms with Crippen molar-refractivity contribution in [3.63, 3.8) is 0 Å². The van der Waals surface area contributed by atoms with Crippen LogP contribution in [0.15, 0.2) is 18.2 Å². The van der Waals surface area contributed by atoms with E-state index in [-0.39, 0.29) is 5.56 Å². The van der Waals surface area contributed by atoms with Crippen LogP contribution >= 0.6 is 0 Å². The minimum absolute atomic E-state index is 0.0346. The van der Waals surface area contributed by atoms with Crippen molar-refractivity contribution >= 4 is 12.1 Å². The number of aliphatic carboxylic acids is 1. The van der Waals surface area contributed by atoms with E-state index in [2.05, 4.69) is 0 Å². The Morgan fingerprint density at radius 1 is 1.26 bits per heavy atom. The van der Waals surface area contributed by atoms with Gasteiger partial charge in [0.05, 0.1) is 0 Å². The van der Waals surface area contributed by atoms with E-state index in [0.29, 0.717) is 0 Å². The standard InChI is InChI=1S/C16H22FNO5/c1-9(2)18(15(22)23-16(3,4)5)13(14(20)21)10-6-7-12(19)11(17)8-10/h6-9,13,19H,1-5H3,(H,20,21). The zero-order valence-electron chi connectivity index (χ0n) is 13.8. The summed E-state index contributed by atoms with van der Waals surface area (Å²) in [6.07, 6.45) is -0.812. The summed E-state index contributed by atoms with van der Waals surface area (Å²) in [6.45, 7) is 8.27. The summed E-state index contributed by atoms with van der Waals surface area (Å²) in [5.74, 6) is -2.87. The third-order valence-electron chi connectivity index (χ3n) is 2.96. The van der Waals surface area contributed by atoms with Crippen molar-refractivity contribution < 1.29 is 28.9 Å². The van der Waals surface area contributed by atoms with Crippen LogP contribution in [0, 0.1) is 5.82 Å². The van der Waals surface area contributed by atoms with Gasteiger partial charge in [0.1, 0.15) is 5.60 Å². The smallest absolute Gasteiger partial charge is 0.411 e. The molecule has 128 valence electrons. The highest BCUT2D eigenvalue weighted by atomic mass is 19.1. The van der Waals surface area contributed by atoms with Gasteiger partial charge in [-0.05, 0) is 52.3 Å².